The van der Waals surface area contributed by atoms with Crippen molar-refractivity contribution in [2.75, 3.05) is 26.9 Å². The standard InChI is InChI=1S/C18H23FN2O2/c1-22-18-4-2-3-15(18)17-12-23-8-7-21(17)11-14-6-5-13(10-20)9-16(14)19/h5-6,9,15,17-18H,2-4,7-8,11-12H2,1H3/t15-,17+,18-/m1/s1. The highest BCUT2D eigenvalue weighted by Gasteiger charge is 2.38. The van der Waals surface area contributed by atoms with E-state index in [9.17, 15) is 4.39 Å². The van der Waals surface area contributed by atoms with Crippen molar-refractivity contribution in [1.82, 2.24) is 4.90 Å². The lowest BCUT2D eigenvalue weighted by molar-refractivity contribution is -0.0611. The van der Waals surface area contributed by atoms with Gasteiger partial charge in [0.15, 0.2) is 0 Å². The van der Waals surface area contributed by atoms with Crippen molar-refractivity contribution in [3.05, 3.63) is 35.1 Å². The molecule has 1 aromatic carbocycles. The number of methoxy groups -OCH3 is 1. The van der Waals surface area contributed by atoms with E-state index >= 15 is 0 Å². The van der Waals surface area contributed by atoms with Gasteiger partial charge in [0.25, 0.3) is 0 Å². The van der Waals surface area contributed by atoms with E-state index in [4.69, 9.17) is 14.7 Å². The molecule has 0 aromatic heterocycles. The van der Waals surface area contributed by atoms with E-state index in [1.165, 1.54) is 12.5 Å². The molecule has 23 heavy (non-hydrogen) atoms. The second-order valence-electron chi connectivity index (χ2n) is 6.40. The van der Waals surface area contributed by atoms with Crippen molar-refractivity contribution in [3.63, 3.8) is 0 Å². The third kappa shape index (κ3) is 3.55. The van der Waals surface area contributed by atoms with Crippen molar-refractivity contribution in [3.8, 4) is 6.07 Å². The molecule has 5 heteroatoms. The predicted octanol–water partition coefficient (Wildman–Crippen LogP) is 2.71. The zero-order chi connectivity index (χ0) is 16.2. The fourth-order valence-corrected chi connectivity index (χ4v) is 3.90. The van der Waals surface area contributed by atoms with E-state index in [0.717, 1.165) is 19.4 Å². The maximum Gasteiger partial charge on any atom is 0.129 e. The lowest BCUT2D eigenvalue weighted by Gasteiger charge is -2.40. The van der Waals surface area contributed by atoms with Gasteiger partial charge in [-0.1, -0.05) is 12.5 Å². The largest absolute Gasteiger partial charge is 0.381 e. The zero-order valence-electron chi connectivity index (χ0n) is 13.5. The lowest BCUT2D eigenvalue weighted by Crippen LogP contribution is -2.51. The molecule has 1 saturated heterocycles. The summed E-state index contributed by atoms with van der Waals surface area (Å²) in [5.74, 6) is 0.144. The van der Waals surface area contributed by atoms with Gasteiger partial charge < -0.3 is 9.47 Å². The van der Waals surface area contributed by atoms with Crippen LogP contribution in [0.5, 0.6) is 0 Å². The second-order valence-corrected chi connectivity index (χ2v) is 6.40. The molecule has 0 bridgehead atoms. The first-order chi connectivity index (χ1) is 11.2. The molecule has 124 valence electrons. The average molecular weight is 318 g/mol. The van der Waals surface area contributed by atoms with E-state index in [1.54, 1.807) is 19.2 Å². The summed E-state index contributed by atoms with van der Waals surface area (Å²) in [4.78, 5) is 2.32. The molecule has 1 heterocycles. The van der Waals surface area contributed by atoms with Crippen LogP contribution in [0.3, 0.4) is 0 Å². The normalized spacial score (nSPS) is 28.7. The highest BCUT2D eigenvalue weighted by Crippen LogP contribution is 2.34. The number of rotatable bonds is 4. The van der Waals surface area contributed by atoms with Gasteiger partial charge in [-0.15, -0.1) is 0 Å². The number of benzene rings is 1. The molecule has 1 saturated carbocycles. The molecule has 3 atom stereocenters. The molecule has 0 N–H and O–H groups in total. The van der Waals surface area contributed by atoms with E-state index in [2.05, 4.69) is 4.90 Å². The third-order valence-corrected chi connectivity index (χ3v) is 5.14. The summed E-state index contributed by atoms with van der Waals surface area (Å²) in [6, 6.07) is 6.97. The monoisotopic (exact) mass is 318 g/mol. The van der Waals surface area contributed by atoms with Crippen molar-refractivity contribution >= 4 is 0 Å². The van der Waals surface area contributed by atoms with Crippen LogP contribution in [0.2, 0.25) is 0 Å². The molecule has 1 aromatic rings. The van der Waals surface area contributed by atoms with Crippen LogP contribution >= 0.6 is 0 Å². The summed E-state index contributed by atoms with van der Waals surface area (Å²) >= 11 is 0. The fraction of sp³-hybridized carbons (Fsp3) is 0.611. The second kappa shape index (κ2) is 7.39. The number of ether oxygens (including phenoxy) is 2. The Morgan fingerprint density at radius 2 is 2.30 bits per heavy atom. The van der Waals surface area contributed by atoms with Gasteiger partial charge in [0.05, 0.1) is 31.0 Å². The Kier molecular flexibility index (Phi) is 5.27. The molecule has 1 aliphatic carbocycles. The van der Waals surface area contributed by atoms with Crippen LogP contribution < -0.4 is 0 Å². The number of nitriles is 1. The summed E-state index contributed by atoms with van der Waals surface area (Å²) in [5.41, 5.74) is 1.00. The maximum atomic E-state index is 14.2. The van der Waals surface area contributed by atoms with Crippen LogP contribution in [-0.2, 0) is 16.0 Å². The smallest absolute Gasteiger partial charge is 0.129 e. The Bertz CT molecular complexity index is 587. The highest BCUT2D eigenvalue weighted by molar-refractivity contribution is 5.32. The van der Waals surface area contributed by atoms with Crippen LogP contribution in [0, 0.1) is 23.1 Å². The van der Waals surface area contributed by atoms with Gasteiger partial charge in [0.1, 0.15) is 5.82 Å². The molecule has 0 spiro atoms. The Morgan fingerprint density at radius 3 is 3.04 bits per heavy atom. The van der Waals surface area contributed by atoms with E-state index < -0.39 is 0 Å². The number of morpholine rings is 1. The Hall–Kier alpha value is -1.48. The number of halogens is 1. The van der Waals surface area contributed by atoms with Crippen LogP contribution in [0.1, 0.15) is 30.4 Å². The summed E-state index contributed by atoms with van der Waals surface area (Å²) in [7, 11) is 1.78. The van der Waals surface area contributed by atoms with Crippen LogP contribution in [0.25, 0.3) is 0 Å². The number of hydrogen-bond donors (Lipinski definition) is 0. The molecule has 2 fully saturated rings. The zero-order valence-corrected chi connectivity index (χ0v) is 13.5. The first-order valence-electron chi connectivity index (χ1n) is 8.26. The molecular weight excluding hydrogens is 295 g/mol. The van der Waals surface area contributed by atoms with Gasteiger partial charge in [-0.25, -0.2) is 4.39 Å². The van der Waals surface area contributed by atoms with Crippen molar-refractivity contribution in [2.24, 2.45) is 5.92 Å². The minimum atomic E-state index is -0.302. The Balaban J connectivity index is 1.75. The Morgan fingerprint density at radius 1 is 1.43 bits per heavy atom. The molecular formula is C18H23FN2O2. The van der Waals surface area contributed by atoms with Crippen LogP contribution in [-0.4, -0.2) is 43.9 Å². The molecule has 0 radical (unpaired) electrons. The quantitative estimate of drug-likeness (QED) is 0.856. The first kappa shape index (κ1) is 16.4. The minimum absolute atomic E-state index is 0.270. The van der Waals surface area contributed by atoms with Crippen molar-refractivity contribution in [2.45, 2.75) is 38.0 Å². The minimum Gasteiger partial charge on any atom is -0.381 e. The van der Waals surface area contributed by atoms with E-state index in [1.807, 2.05) is 6.07 Å². The molecule has 0 amide bonds. The maximum absolute atomic E-state index is 14.2. The van der Waals surface area contributed by atoms with Gasteiger partial charge in [-0.05, 0) is 25.0 Å². The summed E-state index contributed by atoms with van der Waals surface area (Å²) in [6.07, 6.45) is 3.68. The Labute approximate surface area is 136 Å². The van der Waals surface area contributed by atoms with E-state index in [0.29, 0.717) is 36.8 Å². The third-order valence-electron chi connectivity index (χ3n) is 5.14. The highest BCUT2D eigenvalue weighted by atomic mass is 19.1. The van der Waals surface area contributed by atoms with Gasteiger partial charge in [0.2, 0.25) is 0 Å². The van der Waals surface area contributed by atoms with Crippen LogP contribution in [0.15, 0.2) is 18.2 Å². The predicted molar refractivity (Wildman–Crippen MR) is 84.3 cm³/mol. The average Bonchev–Trinajstić information content (AvgIpc) is 3.05. The first-order valence-corrected chi connectivity index (χ1v) is 8.26. The van der Waals surface area contributed by atoms with Gasteiger partial charge in [-0.2, -0.15) is 5.26 Å². The van der Waals surface area contributed by atoms with E-state index in [-0.39, 0.29) is 18.0 Å². The van der Waals surface area contributed by atoms with Gasteiger partial charge in [-0.3, -0.25) is 4.90 Å². The molecule has 4 nitrogen and oxygen atoms in total. The van der Waals surface area contributed by atoms with Gasteiger partial charge >= 0.3 is 0 Å². The molecule has 1 aliphatic heterocycles. The van der Waals surface area contributed by atoms with Gasteiger partial charge in [0, 0.05) is 37.7 Å². The summed E-state index contributed by atoms with van der Waals surface area (Å²) in [5, 5.41) is 8.86. The molecule has 2 aliphatic rings. The lowest BCUT2D eigenvalue weighted by atomic mass is 9.93. The molecule has 0 unspecified atom stereocenters. The number of nitrogens with zero attached hydrogens (tertiary/aromatic N) is 2. The van der Waals surface area contributed by atoms with Crippen molar-refractivity contribution in [1.29, 1.82) is 5.26 Å². The topological polar surface area (TPSA) is 45.5 Å². The summed E-state index contributed by atoms with van der Waals surface area (Å²) in [6.45, 7) is 2.72. The van der Waals surface area contributed by atoms with Crippen molar-refractivity contribution < 1.29 is 13.9 Å². The fourth-order valence-electron chi connectivity index (χ4n) is 3.90. The summed E-state index contributed by atoms with van der Waals surface area (Å²) < 4.78 is 25.5. The molecule has 3 rings (SSSR count). The number of hydrogen-bond acceptors (Lipinski definition) is 4. The SMILES string of the molecule is CO[C@@H]1CCC[C@@H]1[C@@H]1COCCN1Cc1ccc(C#N)cc1F. The van der Waals surface area contributed by atoms with Crippen LogP contribution in [0.4, 0.5) is 4.39 Å².